The lowest BCUT2D eigenvalue weighted by molar-refractivity contribution is 0.176. The van der Waals surface area contributed by atoms with Gasteiger partial charge >= 0.3 is 0 Å². The molecule has 1 N–H and O–H groups in total. The van der Waals surface area contributed by atoms with Gasteiger partial charge in [-0.15, -0.1) is 0 Å². The first-order valence-electron chi connectivity index (χ1n) is 10.3. The zero-order chi connectivity index (χ0) is 20.4. The molecule has 3 atom stereocenters. The van der Waals surface area contributed by atoms with Gasteiger partial charge in [-0.25, -0.2) is 0 Å². The second kappa shape index (κ2) is 8.74. The molecular formula is C23H29N3OS2. The van der Waals surface area contributed by atoms with Crippen LogP contribution in [0.3, 0.4) is 0 Å². The largest absolute Gasteiger partial charge is 0.591 e. The highest BCUT2D eigenvalue weighted by Gasteiger charge is 2.52. The van der Waals surface area contributed by atoms with Gasteiger partial charge in [0.25, 0.3) is 0 Å². The summed E-state index contributed by atoms with van der Waals surface area (Å²) in [6.45, 7) is 3.75. The van der Waals surface area contributed by atoms with Gasteiger partial charge in [-0.3, -0.25) is 10.2 Å². The quantitative estimate of drug-likeness (QED) is 0.505. The van der Waals surface area contributed by atoms with E-state index in [1.54, 1.807) is 0 Å². The predicted octanol–water partition coefficient (Wildman–Crippen LogP) is 4.19. The van der Waals surface area contributed by atoms with Crippen molar-refractivity contribution in [3.63, 3.8) is 0 Å². The van der Waals surface area contributed by atoms with Crippen LogP contribution in [0.2, 0.25) is 0 Å². The van der Waals surface area contributed by atoms with Crippen LogP contribution in [-0.4, -0.2) is 39.0 Å². The molecule has 4 nitrogen and oxygen atoms in total. The third-order valence-electron chi connectivity index (χ3n) is 6.20. The van der Waals surface area contributed by atoms with Crippen LogP contribution in [0.15, 0.2) is 60.7 Å². The number of hydrogen-bond donors (Lipinski definition) is 1. The van der Waals surface area contributed by atoms with Gasteiger partial charge in [0.1, 0.15) is 12.2 Å². The van der Waals surface area contributed by atoms with Crippen molar-refractivity contribution < 1.29 is 4.55 Å². The monoisotopic (exact) mass is 427 g/mol. The Morgan fingerprint density at radius 3 is 2.34 bits per heavy atom. The highest BCUT2D eigenvalue weighted by Crippen LogP contribution is 2.42. The Hall–Kier alpha value is -1.44. The molecule has 2 aromatic carbocycles. The lowest BCUT2D eigenvalue weighted by Gasteiger charge is -2.33. The van der Waals surface area contributed by atoms with E-state index in [2.05, 4.69) is 41.4 Å². The second-order valence-corrected chi connectivity index (χ2v) is 9.97. The molecule has 4 rings (SSSR count). The molecule has 0 bridgehead atoms. The van der Waals surface area contributed by atoms with E-state index in [0.29, 0.717) is 6.67 Å². The van der Waals surface area contributed by atoms with Gasteiger partial charge < -0.3 is 4.55 Å². The molecule has 1 heterocycles. The molecular weight excluding hydrogens is 398 g/mol. The second-order valence-electron chi connectivity index (χ2n) is 8.11. The highest BCUT2D eigenvalue weighted by atomic mass is 32.2. The van der Waals surface area contributed by atoms with E-state index in [-0.39, 0.29) is 5.37 Å². The van der Waals surface area contributed by atoms with Crippen LogP contribution in [0.5, 0.6) is 0 Å². The lowest BCUT2D eigenvalue weighted by Crippen LogP contribution is -2.44. The Morgan fingerprint density at radius 2 is 1.76 bits per heavy atom. The standard InChI is InChI=1S/C23H29N3OS2/c1-23(20-11-7-4-8-12-20)22(28)26(17-25(23)16-15-18-13-14-18)29(27)21(24-2)19-9-5-3-6-10-19/h3-12,18,21,24H,13-17H2,1-2H3. The van der Waals surface area contributed by atoms with Crippen molar-refractivity contribution in [2.24, 2.45) is 5.92 Å². The Bertz CT molecular complexity index is 831. The van der Waals surface area contributed by atoms with Crippen LogP contribution >= 0.6 is 12.2 Å². The van der Waals surface area contributed by atoms with E-state index in [1.165, 1.54) is 24.8 Å². The fraction of sp³-hybridized carbons (Fsp3) is 0.435. The van der Waals surface area contributed by atoms with E-state index in [4.69, 9.17) is 12.2 Å². The Kier molecular flexibility index (Phi) is 6.27. The SMILES string of the molecule is CNC(c1ccccc1)[S+]([O-])N1CN(CCC2CC2)C(C)(c2ccccc2)C1=S. The first-order valence-corrected chi connectivity index (χ1v) is 11.9. The summed E-state index contributed by atoms with van der Waals surface area (Å²) < 4.78 is 15.6. The molecule has 1 saturated heterocycles. The minimum Gasteiger partial charge on any atom is -0.591 e. The summed E-state index contributed by atoms with van der Waals surface area (Å²) >= 11 is 4.67. The molecule has 2 fully saturated rings. The summed E-state index contributed by atoms with van der Waals surface area (Å²) in [5, 5.41) is 2.94. The molecule has 1 saturated carbocycles. The number of rotatable bonds is 8. The molecule has 6 heteroatoms. The van der Waals surface area contributed by atoms with Crippen molar-refractivity contribution in [1.82, 2.24) is 14.5 Å². The fourth-order valence-electron chi connectivity index (χ4n) is 4.12. The van der Waals surface area contributed by atoms with E-state index in [1.807, 2.05) is 47.8 Å². The Labute approximate surface area is 182 Å². The summed E-state index contributed by atoms with van der Waals surface area (Å²) in [5.41, 5.74) is 1.76. The molecule has 0 radical (unpaired) electrons. The first kappa shape index (κ1) is 20.8. The average molecular weight is 428 g/mol. The molecule has 154 valence electrons. The van der Waals surface area contributed by atoms with Crippen LogP contribution in [-0.2, 0) is 16.9 Å². The van der Waals surface area contributed by atoms with Crippen molar-refractivity contribution in [2.75, 3.05) is 20.3 Å². The predicted molar refractivity (Wildman–Crippen MR) is 124 cm³/mol. The van der Waals surface area contributed by atoms with Crippen LogP contribution in [0.1, 0.15) is 42.7 Å². The van der Waals surface area contributed by atoms with Crippen LogP contribution in [0.25, 0.3) is 0 Å². The van der Waals surface area contributed by atoms with E-state index >= 15 is 0 Å². The van der Waals surface area contributed by atoms with Gasteiger partial charge in [-0.05, 0) is 31.9 Å². The van der Waals surface area contributed by atoms with Gasteiger partial charge in [0, 0.05) is 12.1 Å². The molecule has 29 heavy (non-hydrogen) atoms. The molecule has 0 amide bonds. The maximum absolute atomic E-state index is 13.7. The van der Waals surface area contributed by atoms with Gasteiger partial charge in [0.2, 0.25) is 5.37 Å². The van der Waals surface area contributed by atoms with Gasteiger partial charge in [0.15, 0.2) is 4.99 Å². The maximum atomic E-state index is 13.7. The molecule has 1 aliphatic heterocycles. The highest BCUT2D eigenvalue weighted by molar-refractivity contribution is 7.91. The van der Waals surface area contributed by atoms with E-state index in [0.717, 1.165) is 23.0 Å². The van der Waals surface area contributed by atoms with Crippen molar-refractivity contribution in [1.29, 1.82) is 0 Å². The number of thiocarbonyl (C=S) groups is 1. The molecule has 2 aliphatic rings. The number of hydrogen-bond acceptors (Lipinski definition) is 4. The number of benzene rings is 2. The molecule has 1 aliphatic carbocycles. The fourth-order valence-corrected chi connectivity index (χ4v) is 6.09. The van der Waals surface area contributed by atoms with Crippen LogP contribution in [0.4, 0.5) is 0 Å². The third kappa shape index (κ3) is 4.09. The topological polar surface area (TPSA) is 41.6 Å². The van der Waals surface area contributed by atoms with E-state index < -0.39 is 16.9 Å². The summed E-state index contributed by atoms with van der Waals surface area (Å²) in [7, 11) is 1.86. The van der Waals surface area contributed by atoms with Gasteiger partial charge in [0.05, 0.1) is 11.4 Å². The normalized spacial score (nSPS) is 24.7. The zero-order valence-corrected chi connectivity index (χ0v) is 18.7. The molecule has 0 aromatic heterocycles. The van der Waals surface area contributed by atoms with Crippen LogP contribution < -0.4 is 5.32 Å². The summed E-state index contributed by atoms with van der Waals surface area (Å²) in [6, 6.07) is 20.4. The Morgan fingerprint density at radius 1 is 1.14 bits per heavy atom. The van der Waals surface area contributed by atoms with Gasteiger partial charge in [-0.1, -0.05) is 85.7 Å². The summed E-state index contributed by atoms with van der Waals surface area (Å²) in [5.74, 6) is 0.845. The average Bonchev–Trinajstić information content (AvgIpc) is 3.55. The van der Waals surface area contributed by atoms with E-state index in [9.17, 15) is 4.55 Å². The molecule has 3 unspecified atom stereocenters. The minimum absolute atomic E-state index is 0.294. The third-order valence-corrected chi connectivity index (χ3v) is 8.58. The molecule has 2 aromatic rings. The summed E-state index contributed by atoms with van der Waals surface area (Å²) in [6.07, 6.45) is 3.86. The van der Waals surface area contributed by atoms with Crippen molar-refractivity contribution in [2.45, 2.75) is 37.1 Å². The number of nitrogens with zero attached hydrogens (tertiary/aromatic N) is 2. The van der Waals surface area contributed by atoms with Crippen molar-refractivity contribution in [3.8, 4) is 0 Å². The summed E-state index contributed by atoms with van der Waals surface area (Å²) in [4.78, 5) is 3.16. The van der Waals surface area contributed by atoms with Gasteiger partial charge in [-0.2, -0.15) is 4.31 Å². The smallest absolute Gasteiger partial charge is 0.218 e. The zero-order valence-electron chi connectivity index (χ0n) is 17.1. The first-order chi connectivity index (χ1) is 14.1. The van der Waals surface area contributed by atoms with Crippen molar-refractivity contribution in [3.05, 3.63) is 71.8 Å². The maximum Gasteiger partial charge on any atom is 0.218 e. The van der Waals surface area contributed by atoms with Crippen LogP contribution in [0, 0.1) is 5.92 Å². The minimum atomic E-state index is -1.31. The number of nitrogens with one attached hydrogen (secondary N) is 1. The Balaban J connectivity index is 1.63. The molecule has 0 spiro atoms. The van der Waals surface area contributed by atoms with Crippen molar-refractivity contribution >= 4 is 28.6 Å². The lowest BCUT2D eigenvalue weighted by atomic mass is 9.91.